The first-order chi connectivity index (χ1) is 13.1. The first kappa shape index (κ1) is 18.2. The number of fused-ring (bicyclic) bond motifs is 1. The maximum absolute atomic E-state index is 13.0. The van der Waals surface area contributed by atoms with Crippen LogP contribution in [0.15, 0.2) is 59.5 Å². The third-order valence-corrected chi connectivity index (χ3v) is 7.29. The van der Waals surface area contributed by atoms with Crippen molar-refractivity contribution < 1.29 is 13.3 Å². The van der Waals surface area contributed by atoms with Gasteiger partial charge in [0.05, 0.1) is 44.5 Å². The van der Waals surface area contributed by atoms with Crippen LogP contribution in [0.3, 0.4) is 0 Å². The summed E-state index contributed by atoms with van der Waals surface area (Å²) in [5, 5.41) is 0. The van der Waals surface area contributed by atoms with Crippen molar-refractivity contribution in [3.8, 4) is 0 Å². The summed E-state index contributed by atoms with van der Waals surface area (Å²) in [4.78, 5) is 1.66. The average molecular weight is 402 g/mol. The van der Waals surface area contributed by atoms with Crippen LogP contribution < -0.4 is 4.90 Å². The summed E-state index contributed by atoms with van der Waals surface area (Å²) in [7, 11) is -3.54. The van der Waals surface area contributed by atoms with Gasteiger partial charge in [0.2, 0.25) is 10.0 Å². The Labute approximate surface area is 163 Å². The molecule has 0 saturated carbocycles. The van der Waals surface area contributed by atoms with Gasteiger partial charge in [0.1, 0.15) is 15.9 Å². The molecule has 8 heteroatoms. The lowest BCUT2D eigenvalue weighted by molar-refractivity contribution is -0.897. The Balaban J connectivity index is 1.40. The highest BCUT2D eigenvalue weighted by Crippen LogP contribution is 2.24. The van der Waals surface area contributed by atoms with Crippen molar-refractivity contribution in [2.24, 2.45) is 0 Å². The Morgan fingerprint density at radius 2 is 1.81 bits per heavy atom. The van der Waals surface area contributed by atoms with Crippen molar-refractivity contribution in [1.82, 2.24) is 13.1 Å². The van der Waals surface area contributed by atoms with Gasteiger partial charge >= 0.3 is 0 Å². The van der Waals surface area contributed by atoms with E-state index in [4.69, 9.17) is 0 Å². The zero-order chi connectivity index (χ0) is 18.7. The summed E-state index contributed by atoms with van der Waals surface area (Å²) in [5.41, 5.74) is 2.29. The van der Waals surface area contributed by atoms with Crippen molar-refractivity contribution in [3.63, 3.8) is 0 Å². The Morgan fingerprint density at radius 1 is 1.04 bits per heavy atom. The number of nitrogens with zero attached hydrogens (tertiary/aromatic N) is 3. The molecule has 1 fully saturated rings. The lowest BCUT2D eigenvalue weighted by atomic mass is 10.2. The van der Waals surface area contributed by atoms with Crippen LogP contribution in [0.4, 0.5) is 0 Å². The zero-order valence-corrected chi connectivity index (χ0v) is 16.4. The highest BCUT2D eigenvalue weighted by Gasteiger charge is 2.31. The molecule has 2 aromatic carbocycles. The van der Waals surface area contributed by atoms with Crippen LogP contribution in [-0.4, -0.2) is 54.2 Å². The van der Waals surface area contributed by atoms with Crippen molar-refractivity contribution >= 4 is 38.9 Å². The predicted molar refractivity (Wildman–Crippen MR) is 107 cm³/mol. The molecule has 3 aromatic rings. The molecule has 0 bridgehead atoms. The smallest absolute Gasteiger partial charge is 0.245 e. The fraction of sp³-hybridized carbons (Fsp3) is 0.263. The van der Waals surface area contributed by atoms with Crippen LogP contribution in [0.1, 0.15) is 5.56 Å². The summed E-state index contributed by atoms with van der Waals surface area (Å²) in [5.74, 6) is 0. The zero-order valence-electron chi connectivity index (χ0n) is 14.8. The highest BCUT2D eigenvalue weighted by atomic mass is 32.2. The van der Waals surface area contributed by atoms with E-state index in [0.29, 0.717) is 24.1 Å². The van der Waals surface area contributed by atoms with E-state index in [-0.39, 0.29) is 4.90 Å². The number of sulfonamides is 1. The van der Waals surface area contributed by atoms with E-state index in [9.17, 15) is 8.42 Å². The van der Waals surface area contributed by atoms with Crippen LogP contribution in [0.25, 0.3) is 17.1 Å². The van der Waals surface area contributed by atoms with Gasteiger partial charge in [-0.3, -0.25) is 0 Å². The first-order valence-corrected chi connectivity index (χ1v) is 11.1. The van der Waals surface area contributed by atoms with Gasteiger partial charge in [0.15, 0.2) is 0 Å². The summed E-state index contributed by atoms with van der Waals surface area (Å²) < 4.78 is 36.0. The van der Waals surface area contributed by atoms with E-state index in [2.05, 4.69) is 33.0 Å². The third kappa shape index (κ3) is 3.93. The number of piperazine rings is 1. The minimum atomic E-state index is -3.54. The molecule has 0 atom stereocenters. The van der Waals surface area contributed by atoms with E-state index < -0.39 is 10.0 Å². The van der Waals surface area contributed by atoms with Crippen LogP contribution in [0, 0.1) is 0 Å². The second kappa shape index (κ2) is 7.85. The molecular formula is C19H21N4O2S2+. The molecule has 1 aromatic heterocycles. The van der Waals surface area contributed by atoms with Crippen LogP contribution >= 0.6 is 11.7 Å². The third-order valence-electron chi connectivity index (χ3n) is 4.81. The number of hydrogen-bond donors (Lipinski definition) is 1. The molecule has 6 nitrogen and oxygen atoms in total. The molecule has 1 N–H and O–H groups in total. The Kier molecular flexibility index (Phi) is 5.31. The van der Waals surface area contributed by atoms with Gasteiger partial charge in [0, 0.05) is 0 Å². The second-order valence-electron chi connectivity index (χ2n) is 6.56. The van der Waals surface area contributed by atoms with Gasteiger partial charge in [-0.15, -0.1) is 0 Å². The molecule has 0 aliphatic carbocycles. The summed E-state index contributed by atoms with van der Waals surface area (Å²) >= 11 is 1.04. The number of benzene rings is 2. The van der Waals surface area contributed by atoms with Crippen LogP contribution in [0.2, 0.25) is 0 Å². The van der Waals surface area contributed by atoms with Crippen molar-refractivity contribution in [2.75, 3.05) is 32.7 Å². The number of rotatable bonds is 5. The van der Waals surface area contributed by atoms with Crippen molar-refractivity contribution in [3.05, 3.63) is 60.2 Å². The lowest BCUT2D eigenvalue weighted by Crippen LogP contribution is -3.14. The van der Waals surface area contributed by atoms with Crippen molar-refractivity contribution in [2.45, 2.75) is 4.90 Å². The first-order valence-electron chi connectivity index (χ1n) is 8.91. The molecule has 27 heavy (non-hydrogen) atoms. The summed E-state index contributed by atoms with van der Waals surface area (Å²) in [6.45, 7) is 3.53. The van der Waals surface area contributed by atoms with E-state index in [1.54, 1.807) is 22.5 Å². The van der Waals surface area contributed by atoms with E-state index >= 15 is 0 Å². The molecule has 0 unspecified atom stereocenters. The van der Waals surface area contributed by atoms with Gasteiger partial charge in [-0.2, -0.15) is 13.1 Å². The lowest BCUT2D eigenvalue weighted by Gasteiger charge is -2.31. The summed E-state index contributed by atoms with van der Waals surface area (Å²) in [6, 6.07) is 15.3. The van der Waals surface area contributed by atoms with E-state index in [0.717, 1.165) is 31.4 Å². The Hall–Kier alpha value is -2.13. The fourth-order valence-corrected chi connectivity index (χ4v) is 5.50. The number of quaternary nitrogens is 1. The van der Waals surface area contributed by atoms with Gasteiger partial charge in [0.25, 0.3) is 0 Å². The minimum Gasteiger partial charge on any atom is -0.329 e. The minimum absolute atomic E-state index is 0.265. The van der Waals surface area contributed by atoms with Gasteiger partial charge in [-0.05, 0) is 23.8 Å². The maximum atomic E-state index is 13.0. The summed E-state index contributed by atoms with van der Waals surface area (Å²) in [6.07, 6.45) is 4.28. The number of nitrogens with one attached hydrogen (secondary N) is 1. The molecule has 2 heterocycles. The van der Waals surface area contributed by atoms with Gasteiger partial charge < -0.3 is 4.90 Å². The molecule has 1 aliphatic rings. The quantitative estimate of drug-likeness (QED) is 0.700. The highest BCUT2D eigenvalue weighted by molar-refractivity contribution is 7.89. The second-order valence-corrected chi connectivity index (χ2v) is 8.99. The molecule has 1 aliphatic heterocycles. The van der Waals surface area contributed by atoms with Crippen LogP contribution in [-0.2, 0) is 10.0 Å². The molecule has 140 valence electrons. The average Bonchev–Trinajstić information content (AvgIpc) is 3.18. The van der Waals surface area contributed by atoms with Crippen LogP contribution in [0.5, 0.6) is 0 Å². The molecule has 4 rings (SSSR count). The Morgan fingerprint density at radius 3 is 2.59 bits per heavy atom. The molecule has 0 radical (unpaired) electrons. The van der Waals surface area contributed by atoms with Gasteiger partial charge in [-0.1, -0.05) is 42.5 Å². The maximum Gasteiger partial charge on any atom is 0.245 e. The van der Waals surface area contributed by atoms with E-state index in [1.165, 1.54) is 10.5 Å². The topological polar surface area (TPSA) is 67.6 Å². The van der Waals surface area contributed by atoms with Crippen molar-refractivity contribution in [1.29, 1.82) is 0 Å². The molecule has 1 saturated heterocycles. The SMILES string of the molecule is O=S(=O)(c1cccc2nsnc12)N1CC[NH+](C/C=C\c2ccccc2)CC1. The fourth-order valence-electron chi connectivity index (χ4n) is 3.30. The number of hydrogen-bond acceptors (Lipinski definition) is 5. The monoisotopic (exact) mass is 401 g/mol. The molecule has 0 spiro atoms. The number of aromatic nitrogens is 2. The normalized spacial score (nSPS) is 17.0. The van der Waals surface area contributed by atoms with E-state index in [1.807, 2.05) is 18.2 Å². The molecular weight excluding hydrogens is 380 g/mol. The standard InChI is InChI=1S/C19H20N4O2S2/c24-27(25,18-10-4-9-17-19(18)21-26-20-17)23-14-12-22(13-15-23)11-5-8-16-6-2-1-3-7-16/h1-10H,11-15H2/p+1/b8-5-. The predicted octanol–water partition coefficient (Wildman–Crippen LogP) is 1.29. The largest absolute Gasteiger partial charge is 0.329 e. The molecule has 0 amide bonds. The van der Waals surface area contributed by atoms with Gasteiger partial charge in [-0.25, -0.2) is 8.42 Å². The Bertz CT molecular complexity index is 1040.